The Labute approximate surface area is 280 Å². The van der Waals surface area contributed by atoms with Crippen molar-refractivity contribution in [2.45, 2.75) is 64.2 Å². The third-order valence-corrected chi connectivity index (χ3v) is 9.37. The molecule has 6 rings (SSSR count). The molecule has 1 unspecified atom stereocenters. The van der Waals surface area contributed by atoms with Crippen LogP contribution in [-0.2, 0) is 0 Å². The van der Waals surface area contributed by atoms with Gasteiger partial charge in [0.05, 0.1) is 39.6 Å². The van der Waals surface area contributed by atoms with Gasteiger partial charge in [0.15, 0.2) is 0 Å². The van der Waals surface area contributed by atoms with E-state index in [2.05, 4.69) is 74.5 Å². The van der Waals surface area contributed by atoms with E-state index in [0.29, 0.717) is 32.9 Å². The summed E-state index contributed by atoms with van der Waals surface area (Å²) in [5.74, 6) is 0. The quantitative estimate of drug-likeness (QED) is 0.153. The molecule has 4 heterocycles. The van der Waals surface area contributed by atoms with Crippen LogP contribution >= 0.6 is 23.2 Å². The minimum absolute atomic E-state index is 0.108. The van der Waals surface area contributed by atoms with Gasteiger partial charge in [-0.1, -0.05) is 41.4 Å². The molecule has 2 aromatic heterocycles. The number of fused-ring (bicyclic) bond motifs is 1. The second kappa shape index (κ2) is 13.3. The van der Waals surface area contributed by atoms with Crippen molar-refractivity contribution < 1.29 is 0 Å². The first kappa shape index (κ1) is 31.9. The largest absolute Gasteiger partial charge is 0.377 e. The molecule has 4 N–H and O–H groups in total. The zero-order chi connectivity index (χ0) is 32.4. The van der Waals surface area contributed by atoms with Gasteiger partial charge < -0.3 is 16.1 Å². The van der Waals surface area contributed by atoms with E-state index in [0.717, 1.165) is 53.8 Å². The SMILES string of the molecule is CC(Nc1c(C#N)cnc2c(Cl)cc(N[C@H](C3=CN(C4CCN(C(C)(C)C)CC4)NN3)c3ccc(Cl)cc3)cc12)c1cccnc1. The fourth-order valence-corrected chi connectivity index (χ4v) is 6.57. The van der Waals surface area contributed by atoms with Gasteiger partial charge in [-0.05, 0) is 82.0 Å². The Hall–Kier alpha value is -4.07. The highest BCUT2D eigenvalue weighted by Gasteiger charge is 2.32. The lowest BCUT2D eigenvalue weighted by Crippen LogP contribution is -2.52. The lowest BCUT2D eigenvalue weighted by atomic mass is 9.98. The topological polar surface area (TPSA) is 104 Å². The average Bonchev–Trinajstić information content (AvgIpc) is 3.55. The lowest BCUT2D eigenvalue weighted by molar-refractivity contribution is 0.0570. The molecular weight excluding hydrogens is 617 g/mol. The highest BCUT2D eigenvalue weighted by molar-refractivity contribution is 6.36. The number of likely N-dealkylation sites (tertiary alicyclic amines) is 1. The minimum atomic E-state index is -0.254. The molecule has 0 amide bonds. The molecule has 0 saturated carbocycles. The van der Waals surface area contributed by atoms with E-state index < -0.39 is 0 Å². The Bertz CT molecular complexity index is 1760. The van der Waals surface area contributed by atoms with Crippen LogP contribution in [0, 0.1) is 11.3 Å². The Morgan fingerprint density at radius 1 is 1.02 bits per heavy atom. The van der Waals surface area contributed by atoms with E-state index in [1.165, 1.54) is 0 Å². The summed E-state index contributed by atoms with van der Waals surface area (Å²) in [6, 6.07) is 17.9. The molecule has 2 aliphatic heterocycles. The molecule has 9 nitrogen and oxygen atoms in total. The molecule has 0 spiro atoms. The van der Waals surface area contributed by atoms with Crippen LogP contribution in [-0.4, -0.2) is 44.5 Å². The van der Waals surface area contributed by atoms with E-state index in [4.69, 9.17) is 23.2 Å². The van der Waals surface area contributed by atoms with E-state index in [-0.39, 0.29) is 17.6 Å². The third kappa shape index (κ3) is 6.86. The number of anilines is 2. The Morgan fingerprint density at radius 2 is 1.78 bits per heavy atom. The summed E-state index contributed by atoms with van der Waals surface area (Å²) in [5.41, 5.74) is 12.5. The zero-order valence-electron chi connectivity index (χ0n) is 26.5. The molecule has 238 valence electrons. The Kier molecular flexibility index (Phi) is 9.25. The number of nitrogens with zero attached hydrogens (tertiary/aromatic N) is 5. The van der Waals surface area contributed by atoms with Crippen molar-refractivity contribution in [1.29, 1.82) is 5.26 Å². The van der Waals surface area contributed by atoms with E-state index in [9.17, 15) is 5.26 Å². The molecule has 1 saturated heterocycles. The molecule has 46 heavy (non-hydrogen) atoms. The molecule has 0 radical (unpaired) electrons. The van der Waals surface area contributed by atoms with Crippen LogP contribution in [0.3, 0.4) is 0 Å². The number of nitrogens with one attached hydrogen (secondary N) is 4. The van der Waals surface area contributed by atoms with Crippen LogP contribution in [0.5, 0.6) is 0 Å². The van der Waals surface area contributed by atoms with Gasteiger partial charge in [0, 0.05) is 65.6 Å². The third-order valence-electron chi connectivity index (χ3n) is 8.83. The van der Waals surface area contributed by atoms with Gasteiger partial charge in [-0.15, -0.1) is 5.53 Å². The molecule has 2 aromatic carbocycles. The second-order valence-electron chi connectivity index (χ2n) is 12.9. The molecule has 11 heteroatoms. The zero-order valence-corrected chi connectivity index (χ0v) is 28.0. The molecule has 2 aliphatic rings. The van der Waals surface area contributed by atoms with E-state index in [1.807, 2.05) is 61.7 Å². The summed E-state index contributed by atoms with van der Waals surface area (Å²) in [4.78, 5) is 11.3. The normalized spacial score (nSPS) is 17.2. The maximum absolute atomic E-state index is 10.0. The van der Waals surface area contributed by atoms with Gasteiger partial charge in [-0.2, -0.15) is 5.26 Å². The minimum Gasteiger partial charge on any atom is -0.377 e. The number of piperidine rings is 1. The van der Waals surface area contributed by atoms with Crippen molar-refractivity contribution in [2.75, 3.05) is 23.7 Å². The summed E-state index contributed by atoms with van der Waals surface area (Å²) in [5, 5.41) is 21.3. The van der Waals surface area contributed by atoms with Gasteiger partial charge in [-0.25, -0.2) is 0 Å². The number of hydrazine groups is 2. The van der Waals surface area contributed by atoms with Crippen LogP contribution in [0.2, 0.25) is 10.0 Å². The van der Waals surface area contributed by atoms with Crippen LogP contribution in [0.25, 0.3) is 10.9 Å². The second-order valence-corrected chi connectivity index (χ2v) is 13.8. The summed E-state index contributed by atoms with van der Waals surface area (Å²) >= 11 is 13.2. The predicted octanol–water partition coefficient (Wildman–Crippen LogP) is 7.56. The molecular formula is C35H39Cl2N9. The number of benzene rings is 2. The van der Waals surface area contributed by atoms with Gasteiger partial charge in [-0.3, -0.25) is 19.9 Å². The number of halogens is 2. The molecule has 2 atom stereocenters. The molecule has 0 bridgehead atoms. The molecule has 1 fully saturated rings. The van der Waals surface area contributed by atoms with Crippen LogP contribution in [0.4, 0.5) is 11.4 Å². The van der Waals surface area contributed by atoms with Crippen LogP contribution < -0.4 is 21.6 Å². The number of rotatable bonds is 8. The standard InChI is InChI=1S/C35H39Cl2N9/c1-22(24-6-5-13-39-19-24)41-32-25(18-38)20-40-34-29(32)16-27(17-30(34)37)42-33(23-7-9-26(36)10-8-23)31-21-46(44-43-31)28-11-14-45(15-12-28)35(2,3)4/h5-10,13,16-17,19-22,28,33,42-44H,11-12,14-15H2,1-4H3,(H,40,41)/t22?,33-/m0/s1. The maximum Gasteiger partial charge on any atom is 0.103 e. The summed E-state index contributed by atoms with van der Waals surface area (Å²) in [6.07, 6.45) is 9.41. The summed E-state index contributed by atoms with van der Waals surface area (Å²) in [7, 11) is 0. The first-order valence-corrected chi connectivity index (χ1v) is 16.3. The van der Waals surface area contributed by atoms with Gasteiger partial charge in [0.25, 0.3) is 0 Å². The van der Waals surface area contributed by atoms with Crippen LogP contribution in [0.15, 0.2) is 79.0 Å². The van der Waals surface area contributed by atoms with Gasteiger partial charge in [0.1, 0.15) is 6.07 Å². The van der Waals surface area contributed by atoms with Crippen LogP contribution in [0.1, 0.15) is 69.3 Å². The lowest BCUT2D eigenvalue weighted by Gasteiger charge is -2.42. The maximum atomic E-state index is 10.0. The van der Waals surface area contributed by atoms with E-state index in [1.54, 1.807) is 12.4 Å². The van der Waals surface area contributed by atoms with Crippen molar-refractivity contribution in [3.05, 3.63) is 106 Å². The highest BCUT2D eigenvalue weighted by Crippen LogP contribution is 2.37. The number of nitriles is 1. The number of hydrogen-bond acceptors (Lipinski definition) is 9. The van der Waals surface area contributed by atoms with E-state index >= 15 is 0 Å². The van der Waals surface area contributed by atoms with Crippen molar-refractivity contribution >= 4 is 45.5 Å². The first-order valence-electron chi connectivity index (χ1n) is 15.6. The number of aromatic nitrogens is 2. The van der Waals surface area contributed by atoms with Crippen molar-refractivity contribution in [2.24, 2.45) is 0 Å². The van der Waals surface area contributed by atoms with Crippen molar-refractivity contribution in [3.63, 3.8) is 0 Å². The van der Waals surface area contributed by atoms with Crippen molar-refractivity contribution in [3.8, 4) is 6.07 Å². The predicted molar refractivity (Wildman–Crippen MR) is 186 cm³/mol. The summed E-state index contributed by atoms with van der Waals surface area (Å²) < 4.78 is 0. The number of hydrogen-bond donors (Lipinski definition) is 4. The Morgan fingerprint density at radius 3 is 2.46 bits per heavy atom. The number of pyridine rings is 2. The fourth-order valence-electron chi connectivity index (χ4n) is 6.18. The Balaban J connectivity index is 1.32. The van der Waals surface area contributed by atoms with Gasteiger partial charge >= 0.3 is 0 Å². The van der Waals surface area contributed by atoms with Crippen molar-refractivity contribution in [1.82, 2.24) is 30.8 Å². The fraction of sp³-hybridized carbons (Fsp3) is 0.343. The highest BCUT2D eigenvalue weighted by atomic mass is 35.5. The summed E-state index contributed by atoms with van der Waals surface area (Å²) in [6.45, 7) is 11.0. The molecule has 0 aliphatic carbocycles. The smallest absolute Gasteiger partial charge is 0.103 e. The van der Waals surface area contributed by atoms with Gasteiger partial charge in [0.2, 0.25) is 0 Å². The molecule has 4 aromatic rings. The average molecular weight is 657 g/mol. The first-order chi connectivity index (χ1) is 22.1. The monoisotopic (exact) mass is 655 g/mol.